The van der Waals surface area contributed by atoms with Gasteiger partial charge in [0.25, 0.3) is 0 Å². The number of aliphatic hydroxyl groups is 3. The fourth-order valence-corrected chi connectivity index (χ4v) is 10.9. The summed E-state index contributed by atoms with van der Waals surface area (Å²) in [6.07, 6.45) is -1.14. The van der Waals surface area contributed by atoms with Crippen molar-refractivity contribution in [2.24, 2.45) is 0 Å². The van der Waals surface area contributed by atoms with Crippen LogP contribution in [-0.2, 0) is 13.2 Å². The lowest BCUT2D eigenvalue weighted by Gasteiger charge is -2.19. The van der Waals surface area contributed by atoms with Gasteiger partial charge in [-0.3, -0.25) is 9.59 Å². The Labute approximate surface area is 418 Å². The van der Waals surface area contributed by atoms with E-state index in [2.05, 4.69) is 24.0 Å². The SMILES string of the molecule is C.COc1cc(C(=O)CCC(O)c2ccc3c(n2)-c2c(sc4c(C)cccc24)CO3)ccc1OCCO.COc1ccc(C(=O)CCC(O)c2ccc3c(n2)-c2c(sc4c(F)cccc24)CO3)cc1OC. The molecule has 0 amide bonds. The van der Waals surface area contributed by atoms with Crippen molar-refractivity contribution in [2.45, 2.75) is 65.5 Å². The van der Waals surface area contributed by atoms with Crippen LogP contribution in [0.2, 0.25) is 0 Å². The van der Waals surface area contributed by atoms with Crippen molar-refractivity contribution in [1.29, 1.82) is 0 Å². The molecular weight excluding hydrogens is 948 g/mol. The third kappa shape index (κ3) is 10.3. The molecule has 13 nitrogen and oxygen atoms in total. The van der Waals surface area contributed by atoms with E-state index in [1.165, 1.54) is 49.0 Å². The number of carbonyl (C=O) groups is 2. The first-order chi connectivity index (χ1) is 34.0. The van der Waals surface area contributed by atoms with Crippen molar-refractivity contribution in [3.05, 3.63) is 141 Å². The molecule has 0 radical (unpaired) electrons. The number of aliphatic hydroxyl groups excluding tert-OH is 3. The topological polar surface area (TPSA) is 176 Å². The van der Waals surface area contributed by atoms with Gasteiger partial charge in [-0.25, -0.2) is 14.4 Å². The molecule has 6 heterocycles. The number of benzene rings is 4. The van der Waals surface area contributed by atoms with E-state index in [0.29, 0.717) is 80.6 Å². The molecule has 71 heavy (non-hydrogen) atoms. The van der Waals surface area contributed by atoms with E-state index in [4.69, 9.17) is 38.5 Å². The largest absolute Gasteiger partial charge is 0.493 e. The lowest BCUT2D eigenvalue weighted by molar-refractivity contribution is 0.0931. The third-order valence-corrected chi connectivity index (χ3v) is 14.7. The number of methoxy groups -OCH3 is 3. The average molecular weight is 1000 g/mol. The standard InChI is InChI=1S/C28H27NO6S.C26H22FNO5S.CH4/c1-16-4-3-5-18-26-25(36-28(16)18)15-35-23-11-7-19(29-27(23)26)21(32)9-8-20(31)17-6-10-22(34-13-12-30)24(14-17)33-2;1-31-20-10-6-14(12-22(20)32-2)18(29)8-9-19(30)17-7-11-21-25(28-17)24-15-4-3-5-16(27)26(15)34-23(24)13-33-21;/h3-7,10-11,14,21,30,32H,8-9,12-13,15H2,1-2H3;3-7,10-12,19,30H,8-9,13H2,1-2H3;1H4. The molecule has 0 saturated carbocycles. The first-order valence-corrected chi connectivity index (χ1v) is 24.2. The predicted octanol–water partition coefficient (Wildman–Crippen LogP) is 11.6. The second-order valence-electron chi connectivity index (χ2n) is 16.6. The van der Waals surface area contributed by atoms with Crippen molar-refractivity contribution in [3.8, 4) is 57.0 Å². The molecule has 2 atom stereocenters. The quantitative estimate of drug-likeness (QED) is 0.0780. The van der Waals surface area contributed by atoms with Gasteiger partial charge in [-0.05, 0) is 92.1 Å². The Morgan fingerprint density at radius 3 is 1.69 bits per heavy atom. The normalized spacial score (nSPS) is 12.8. The summed E-state index contributed by atoms with van der Waals surface area (Å²) < 4.78 is 49.1. The number of Topliss-reactive ketones (excluding diaryl/α,β-unsaturated/α-hetero) is 2. The summed E-state index contributed by atoms with van der Waals surface area (Å²) >= 11 is 3.08. The zero-order valence-electron chi connectivity index (χ0n) is 38.7. The zero-order valence-corrected chi connectivity index (χ0v) is 40.4. The summed E-state index contributed by atoms with van der Waals surface area (Å²) in [5, 5.41) is 32.6. The van der Waals surface area contributed by atoms with Gasteiger partial charge >= 0.3 is 0 Å². The maximum Gasteiger partial charge on any atom is 0.163 e. The highest BCUT2D eigenvalue weighted by Gasteiger charge is 2.28. The zero-order chi connectivity index (χ0) is 49.1. The van der Waals surface area contributed by atoms with E-state index in [9.17, 15) is 24.2 Å². The number of ketones is 2. The van der Waals surface area contributed by atoms with Crippen molar-refractivity contribution in [3.63, 3.8) is 0 Å². The number of rotatable bonds is 16. The highest BCUT2D eigenvalue weighted by molar-refractivity contribution is 7.20. The van der Waals surface area contributed by atoms with Gasteiger partial charge in [-0.15, -0.1) is 22.7 Å². The van der Waals surface area contributed by atoms with Crippen LogP contribution in [0.1, 0.15) is 92.7 Å². The molecule has 0 spiro atoms. The van der Waals surface area contributed by atoms with Crippen LogP contribution in [0.15, 0.2) is 97.1 Å². The Hall–Kier alpha value is -6.95. The third-order valence-electron chi connectivity index (χ3n) is 12.2. The molecule has 0 aliphatic carbocycles. The summed E-state index contributed by atoms with van der Waals surface area (Å²) in [5.74, 6) is 2.66. The Bertz CT molecular complexity index is 3260. The first kappa shape index (κ1) is 50.4. The lowest BCUT2D eigenvalue weighted by atomic mass is 10.00. The van der Waals surface area contributed by atoms with Gasteiger partial charge < -0.3 is 43.7 Å². The highest BCUT2D eigenvalue weighted by Crippen LogP contribution is 2.48. The van der Waals surface area contributed by atoms with Crippen molar-refractivity contribution >= 4 is 54.4 Å². The molecular formula is C55H53FN2O11S2. The Morgan fingerprint density at radius 2 is 1.15 bits per heavy atom. The summed E-state index contributed by atoms with van der Waals surface area (Å²) in [5.41, 5.74) is 6.34. The van der Waals surface area contributed by atoms with Crippen LogP contribution >= 0.6 is 22.7 Å². The molecule has 0 saturated heterocycles. The van der Waals surface area contributed by atoms with E-state index < -0.39 is 12.2 Å². The lowest BCUT2D eigenvalue weighted by Crippen LogP contribution is -2.09. The van der Waals surface area contributed by atoms with Gasteiger partial charge in [-0.1, -0.05) is 37.8 Å². The molecule has 16 heteroatoms. The number of nitrogens with zero attached hydrogens (tertiary/aromatic N) is 2. The van der Waals surface area contributed by atoms with Gasteiger partial charge in [0.2, 0.25) is 0 Å². The van der Waals surface area contributed by atoms with Gasteiger partial charge in [-0.2, -0.15) is 0 Å². The molecule has 2 unspecified atom stereocenters. The number of ether oxygens (including phenoxy) is 6. The number of pyridine rings is 2. The Kier molecular flexibility index (Phi) is 15.6. The van der Waals surface area contributed by atoms with E-state index >= 15 is 0 Å². The average Bonchev–Trinajstić information content (AvgIpc) is 3.99. The number of hydrogen-bond acceptors (Lipinski definition) is 15. The molecule has 2 aliphatic heterocycles. The fourth-order valence-electron chi connectivity index (χ4n) is 8.58. The summed E-state index contributed by atoms with van der Waals surface area (Å²) in [6.45, 7) is 2.98. The molecule has 0 fully saturated rings. The fraction of sp³-hybridized carbons (Fsp3) is 0.273. The summed E-state index contributed by atoms with van der Waals surface area (Å²) in [4.78, 5) is 37.0. The van der Waals surface area contributed by atoms with Crippen LogP contribution in [-0.4, -0.2) is 71.4 Å². The highest BCUT2D eigenvalue weighted by atomic mass is 32.1. The van der Waals surface area contributed by atoms with Crippen LogP contribution in [0.5, 0.6) is 34.5 Å². The second-order valence-corrected chi connectivity index (χ2v) is 18.8. The van der Waals surface area contributed by atoms with Gasteiger partial charge in [0.1, 0.15) is 48.5 Å². The monoisotopic (exact) mass is 1000 g/mol. The number of carbonyl (C=O) groups excluding carboxylic acids is 2. The van der Waals surface area contributed by atoms with Gasteiger partial charge in [0, 0.05) is 50.6 Å². The predicted molar refractivity (Wildman–Crippen MR) is 272 cm³/mol. The maximum atomic E-state index is 14.3. The molecule has 10 rings (SSSR count). The number of fused-ring (bicyclic) bond motifs is 10. The summed E-state index contributed by atoms with van der Waals surface area (Å²) in [6, 6.07) is 28.2. The van der Waals surface area contributed by atoms with Crippen LogP contribution in [0.3, 0.4) is 0 Å². The Morgan fingerprint density at radius 1 is 0.662 bits per heavy atom. The van der Waals surface area contributed by atoms with Crippen LogP contribution in [0.25, 0.3) is 42.7 Å². The molecule has 4 aromatic carbocycles. The molecule has 2 aliphatic rings. The number of aryl methyl sites for hydroxylation is 1. The van der Waals surface area contributed by atoms with E-state index in [0.717, 1.165) is 37.3 Å². The minimum Gasteiger partial charge on any atom is -0.493 e. The van der Waals surface area contributed by atoms with E-state index in [1.807, 2.05) is 18.2 Å². The molecule has 8 aromatic rings. The second kappa shape index (κ2) is 22.0. The van der Waals surface area contributed by atoms with Crippen LogP contribution < -0.4 is 28.4 Å². The van der Waals surface area contributed by atoms with Crippen molar-refractivity contribution < 1.29 is 57.7 Å². The van der Waals surface area contributed by atoms with E-state index in [-0.39, 0.29) is 63.7 Å². The minimum absolute atomic E-state index is 0. The van der Waals surface area contributed by atoms with E-state index in [1.54, 1.807) is 72.0 Å². The van der Waals surface area contributed by atoms with Gasteiger partial charge in [0.05, 0.1) is 66.0 Å². The van der Waals surface area contributed by atoms with Crippen LogP contribution in [0.4, 0.5) is 4.39 Å². The molecule has 0 bridgehead atoms. The Balaban J connectivity index is 0.000000188. The number of hydrogen-bond donors (Lipinski definition) is 3. The molecule has 3 N–H and O–H groups in total. The maximum absolute atomic E-state index is 14.3. The van der Waals surface area contributed by atoms with Crippen LogP contribution in [0, 0.1) is 12.7 Å². The van der Waals surface area contributed by atoms with Crippen molar-refractivity contribution in [1.82, 2.24) is 9.97 Å². The van der Waals surface area contributed by atoms with Gasteiger partial charge in [0.15, 0.2) is 34.6 Å². The summed E-state index contributed by atoms with van der Waals surface area (Å²) in [7, 11) is 4.54. The molecule has 368 valence electrons. The smallest absolute Gasteiger partial charge is 0.163 e. The number of aromatic nitrogens is 2. The first-order valence-electron chi connectivity index (χ1n) is 22.5. The number of halogens is 1. The number of thiophene rings is 2. The minimum atomic E-state index is -0.943. The van der Waals surface area contributed by atoms with Crippen molar-refractivity contribution in [2.75, 3.05) is 34.5 Å². The molecule has 4 aromatic heterocycles.